The van der Waals surface area contributed by atoms with Crippen molar-refractivity contribution < 1.29 is 18.7 Å². The van der Waals surface area contributed by atoms with Gasteiger partial charge in [0.15, 0.2) is 5.82 Å². The van der Waals surface area contributed by atoms with E-state index in [4.69, 9.17) is 9.47 Å². The number of halogens is 1. The van der Waals surface area contributed by atoms with Crippen molar-refractivity contribution in [1.29, 1.82) is 0 Å². The third-order valence-electron chi connectivity index (χ3n) is 4.23. The Kier molecular flexibility index (Phi) is 5.42. The van der Waals surface area contributed by atoms with Crippen molar-refractivity contribution in [1.82, 2.24) is 15.3 Å². The molecule has 1 N–H and O–H groups in total. The van der Waals surface area contributed by atoms with Crippen molar-refractivity contribution in [3.05, 3.63) is 48.0 Å². The van der Waals surface area contributed by atoms with Crippen molar-refractivity contribution >= 4 is 5.91 Å². The van der Waals surface area contributed by atoms with Crippen LogP contribution in [-0.2, 0) is 0 Å². The second kappa shape index (κ2) is 7.92. The van der Waals surface area contributed by atoms with E-state index in [1.165, 1.54) is 0 Å². The van der Waals surface area contributed by atoms with Crippen LogP contribution in [0.4, 0.5) is 4.39 Å². The highest BCUT2D eigenvalue weighted by Crippen LogP contribution is 2.22. The van der Waals surface area contributed by atoms with E-state index < -0.39 is 5.82 Å². The smallest absolute Gasteiger partial charge is 0.316 e. The normalized spacial score (nSPS) is 19.9. The lowest BCUT2D eigenvalue weighted by atomic mass is 9.92. The van der Waals surface area contributed by atoms with Crippen LogP contribution in [0.3, 0.4) is 0 Å². The molecule has 7 heteroatoms. The van der Waals surface area contributed by atoms with Crippen molar-refractivity contribution in [3.63, 3.8) is 0 Å². The van der Waals surface area contributed by atoms with Crippen LogP contribution in [-0.4, -0.2) is 35.1 Å². The van der Waals surface area contributed by atoms with Crippen molar-refractivity contribution in [3.8, 4) is 11.8 Å². The molecule has 1 heterocycles. The number of methoxy groups -OCH3 is 1. The Morgan fingerprint density at radius 2 is 1.76 bits per heavy atom. The summed E-state index contributed by atoms with van der Waals surface area (Å²) in [5.41, 5.74) is 0.610. The van der Waals surface area contributed by atoms with E-state index in [0.717, 1.165) is 43.8 Å². The number of nitrogens with zero attached hydrogens (tertiary/aromatic N) is 2. The molecule has 25 heavy (non-hydrogen) atoms. The summed E-state index contributed by atoms with van der Waals surface area (Å²) >= 11 is 0. The fourth-order valence-electron chi connectivity index (χ4n) is 2.85. The highest BCUT2D eigenvalue weighted by atomic mass is 19.1. The first-order chi connectivity index (χ1) is 12.1. The SMILES string of the molecule is COc1ccc(C(=O)NC2CCC(Oc3ncc(F)cn3)CC2)cc1. The molecule has 1 aromatic carbocycles. The van der Waals surface area contributed by atoms with E-state index in [-0.39, 0.29) is 24.1 Å². The Morgan fingerprint density at radius 3 is 2.36 bits per heavy atom. The zero-order chi connectivity index (χ0) is 17.6. The van der Waals surface area contributed by atoms with E-state index in [9.17, 15) is 9.18 Å². The molecule has 0 saturated heterocycles. The number of rotatable bonds is 5. The lowest BCUT2D eigenvalue weighted by Gasteiger charge is -2.28. The quantitative estimate of drug-likeness (QED) is 0.902. The maximum absolute atomic E-state index is 12.8. The molecule has 1 aromatic heterocycles. The number of amides is 1. The zero-order valence-electron chi connectivity index (χ0n) is 13.9. The fourth-order valence-corrected chi connectivity index (χ4v) is 2.85. The van der Waals surface area contributed by atoms with Gasteiger partial charge in [0.05, 0.1) is 19.5 Å². The first-order valence-corrected chi connectivity index (χ1v) is 8.23. The first-order valence-electron chi connectivity index (χ1n) is 8.23. The average Bonchev–Trinajstić information content (AvgIpc) is 2.65. The second-order valence-electron chi connectivity index (χ2n) is 5.98. The number of carbonyl (C=O) groups excluding carboxylic acids is 1. The average molecular weight is 345 g/mol. The fraction of sp³-hybridized carbons (Fsp3) is 0.389. The van der Waals surface area contributed by atoms with Crippen LogP contribution >= 0.6 is 0 Å². The van der Waals surface area contributed by atoms with Crippen LogP contribution in [0.2, 0.25) is 0 Å². The van der Waals surface area contributed by atoms with Gasteiger partial charge in [0.1, 0.15) is 11.9 Å². The van der Waals surface area contributed by atoms with Gasteiger partial charge in [0, 0.05) is 11.6 Å². The summed E-state index contributed by atoms with van der Waals surface area (Å²) in [5.74, 6) is 0.142. The Morgan fingerprint density at radius 1 is 1.12 bits per heavy atom. The van der Waals surface area contributed by atoms with Gasteiger partial charge in [-0.2, -0.15) is 0 Å². The van der Waals surface area contributed by atoms with Gasteiger partial charge in [-0.05, 0) is 49.9 Å². The van der Waals surface area contributed by atoms with E-state index in [2.05, 4.69) is 15.3 Å². The molecule has 0 atom stereocenters. The molecule has 2 aromatic rings. The van der Waals surface area contributed by atoms with Crippen molar-refractivity contribution in [2.24, 2.45) is 0 Å². The van der Waals surface area contributed by atoms with Crippen LogP contribution < -0.4 is 14.8 Å². The van der Waals surface area contributed by atoms with E-state index in [1.54, 1.807) is 31.4 Å². The molecule has 0 aliphatic heterocycles. The molecule has 3 rings (SSSR count). The largest absolute Gasteiger partial charge is 0.497 e. The number of carbonyl (C=O) groups is 1. The number of nitrogens with one attached hydrogen (secondary N) is 1. The third-order valence-corrected chi connectivity index (χ3v) is 4.23. The highest BCUT2D eigenvalue weighted by Gasteiger charge is 2.24. The predicted molar refractivity (Wildman–Crippen MR) is 89.1 cm³/mol. The minimum absolute atomic E-state index is 0.0143. The lowest BCUT2D eigenvalue weighted by molar-refractivity contribution is 0.0885. The number of ether oxygens (including phenoxy) is 2. The molecule has 1 amide bonds. The standard InChI is InChI=1S/C18H20FN3O3/c1-24-15-6-2-12(3-7-15)17(23)22-14-4-8-16(9-5-14)25-18-20-10-13(19)11-21-18/h2-3,6-7,10-11,14,16H,4-5,8-9H2,1H3,(H,22,23). The molecule has 1 aliphatic rings. The predicted octanol–water partition coefficient (Wildman–Crippen LogP) is 2.74. The molecule has 0 radical (unpaired) electrons. The van der Waals surface area contributed by atoms with Crippen LogP contribution in [0, 0.1) is 5.82 Å². The van der Waals surface area contributed by atoms with E-state index >= 15 is 0 Å². The maximum Gasteiger partial charge on any atom is 0.316 e. The molecular formula is C18H20FN3O3. The third kappa shape index (κ3) is 4.65. The monoisotopic (exact) mass is 345 g/mol. The van der Waals surface area contributed by atoms with Gasteiger partial charge in [-0.1, -0.05) is 0 Å². The minimum Gasteiger partial charge on any atom is -0.497 e. The number of hydrogen-bond donors (Lipinski definition) is 1. The Hall–Kier alpha value is -2.70. The highest BCUT2D eigenvalue weighted by molar-refractivity contribution is 5.94. The Bertz CT molecular complexity index is 699. The second-order valence-corrected chi connectivity index (χ2v) is 5.98. The van der Waals surface area contributed by atoms with Crippen LogP contribution in [0.1, 0.15) is 36.0 Å². The van der Waals surface area contributed by atoms with Gasteiger partial charge in [0.2, 0.25) is 0 Å². The molecule has 1 fully saturated rings. The van der Waals surface area contributed by atoms with Gasteiger partial charge in [-0.3, -0.25) is 4.79 Å². The van der Waals surface area contributed by atoms with Crippen molar-refractivity contribution in [2.45, 2.75) is 37.8 Å². The molecule has 0 unspecified atom stereocenters. The summed E-state index contributed by atoms with van der Waals surface area (Å²) in [4.78, 5) is 19.9. The molecular weight excluding hydrogens is 325 g/mol. The summed E-state index contributed by atoms with van der Waals surface area (Å²) in [6, 6.07) is 7.32. The molecule has 0 spiro atoms. The number of benzene rings is 1. The molecule has 6 nitrogen and oxygen atoms in total. The zero-order valence-corrected chi connectivity index (χ0v) is 13.9. The van der Waals surface area contributed by atoms with Crippen LogP contribution in [0.25, 0.3) is 0 Å². The number of aromatic nitrogens is 2. The maximum atomic E-state index is 12.8. The summed E-state index contributed by atoms with van der Waals surface area (Å²) in [6.45, 7) is 0. The molecule has 0 bridgehead atoms. The minimum atomic E-state index is -0.489. The van der Waals surface area contributed by atoms with Crippen LogP contribution in [0.5, 0.6) is 11.8 Å². The van der Waals surface area contributed by atoms with E-state index in [1.807, 2.05) is 0 Å². The lowest BCUT2D eigenvalue weighted by Crippen LogP contribution is -2.39. The van der Waals surface area contributed by atoms with Gasteiger partial charge in [0.25, 0.3) is 5.91 Å². The van der Waals surface area contributed by atoms with Gasteiger partial charge >= 0.3 is 6.01 Å². The number of hydrogen-bond acceptors (Lipinski definition) is 5. The summed E-state index contributed by atoms with van der Waals surface area (Å²) in [5, 5.41) is 3.05. The van der Waals surface area contributed by atoms with E-state index in [0.29, 0.717) is 5.56 Å². The van der Waals surface area contributed by atoms with Crippen LogP contribution in [0.15, 0.2) is 36.7 Å². The Labute approximate surface area is 145 Å². The van der Waals surface area contributed by atoms with Gasteiger partial charge < -0.3 is 14.8 Å². The molecule has 132 valence electrons. The first kappa shape index (κ1) is 17.1. The Balaban J connectivity index is 1.46. The summed E-state index contributed by atoms with van der Waals surface area (Å²) in [6.07, 6.45) is 5.36. The van der Waals surface area contributed by atoms with Gasteiger partial charge in [-0.25, -0.2) is 14.4 Å². The topological polar surface area (TPSA) is 73.3 Å². The summed E-state index contributed by atoms with van der Waals surface area (Å²) < 4.78 is 23.5. The molecule has 1 aliphatic carbocycles. The summed E-state index contributed by atoms with van der Waals surface area (Å²) in [7, 11) is 1.59. The molecule has 1 saturated carbocycles. The van der Waals surface area contributed by atoms with Gasteiger partial charge in [-0.15, -0.1) is 0 Å². The van der Waals surface area contributed by atoms with Crippen molar-refractivity contribution in [2.75, 3.05) is 7.11 Å².